The van der Waals surface area contributed by atoms with E-state index in [1.165, 1.54) is 0 Å². The zero-order chi connectivity index (χ0) is 21.0. The molecule has 0 bridgehead atoms. The highest BCUT2D eigenvalue weighted by molar-refractivity contribution is 7.03. The van der Waals surface area contributed by atoms with Gasteiger partial charge in [-0.05, 0) is 69.5 Å². The summed E-state index contributed by atoms with van der Waals surface area (Å²) in [7, 11) is 0. The summed E-state index contributed by atoms with van der Waals surface area (Å²) in [4.78, 5) is 28.7. The van der Waals surface area contributed by atoms with Crippen LogP contribution in [0, 0.1) is 5.92 Å². The van der Waals surface area contributed by atoms with Gasteiger partial charge in [-0.15, -0.1) is 5.10 Å². The fraction of sp³-hybridized carbons (Fsp3) is 0.545. The zero-order valence-corrected chi connectivity index (χ0v) is 18.4. The van der Waals surface area contributed by atoms with Gasteiger partial charge in [0, 0.05) is 17.0 Å². The number of hydrogen-bond donors (Lipinski definition) is 1. The lowest BCUT2D eigenvalue weighted by atomic mass is 9.85. The molecule has 1 N–H and O–H groups in total. The van der Waals surface area contributed by atoms with Crippen molar-refractivity contribution in [2.24, 2.45) is 5.92 Å². The molecule has 156 valence electrons. The summed E-state index contributed by atoms with van der Waals surface area (Å²) in [5.41, 5.74) is 0.713. The zero-order valence-electron chi connectivity index (χ0n) is 17.6. The van der Waals surface area contributed by atoms with Crippen LogP contribution in [0.1, 0.15) is 75.5 Å². The first kappa shape index (κ1) is 21.4. The fourth-order valence-electron chi connectivity index (χ4n) is 3.92. The minimum atomic E-state index is -0.706. The molecule has 29 heavy (non-hydrogen) atoms. The molecule has 1 heterocycles. The average Bonchev–Trinajstić information content (AvgIpc) is 3.20. The van der Waals surface area contributed by atoms with E-state index in [0.29, 0.717) is 11.6 Å². The van der Waals surface area contributed by atoms with E-state index in [0.717, 1.165) is 42.8 Å². The molecule has 1 aromatic heterocycles. The second-order valence-electron chi connectivity index (χ2n) is 8.97. The van der Waals surface area contributed by atoms with Crippen LogP contribution < -0.4 is 5.32 Å². The van der Waals surface area contributed by atoms with Crippen LogP contribution in [0.3, 0.4) is 0 Å². The van der Waals surface area contributed by atoms with Gasteiger partial charge < -0.3 is 10.2 Å². The van der Waals surface area contributed by atoms with Crippen LogP contribution in [-0.2, 0) is 4.79 Å². The molecular weight excluding hydrogens is 384 g/mol. The molecule has 0 unspecified atom stereocenters. The first-order valence-corrected chi connectivity index (χ1v) is 11.1. The molecule has 0 spiro atoms. The summed E-state index contributed by atoms with van der Waals surface area (Å²) < 4.78 is 3.86. The fourth-order valence-corrected chi connectivity index (χ4v) is 4.35. The maximum Gasteiger partial charge on any atom is 0.276 e. The number of aromatic nitrogens is 2. The topological polar surface area (TPSA) is 75.2 Å². The molecule has 1 aliphatic carbocycles. The molecule has 1 fully saturated rings. The molecule has 1 atom stereocenters. The van der Waals surface area contributed by atoms with Crippen molar-refractivity contribution in [3.8, 4) is 0 Å². The average molecular weight is 415 g/mol. The number of carbonyl (C=O) groups excluding carboxylic acids is 2. The van der Waals surface area contributed by atoms with E-state index in [1.807, 2.05) is 51.1 Å². The van der Waals surface area contributed by atoms with Crippen LogP contribution in [0.15, 0.2) is 35.7 Å². The van der Waals surface area contributed by atoms with Gasteiger partial charge in [0.2, 0.25) is 5.91 Å². The Hall–Kier alpha value is -2.28. The lowest BCUT2D eigenvalue weighted by Crippen LogP contribution is -2.53. The number of hydrogen-bond acceptors (Lipinski definition) is 5. The van der Waals surface area contributed by atoms with Crippen molar-refractivity contribution in [3.05, 3.63) is 47.0 Å². The van der Waals surface area contributed by atoms with Crippen molar-refractivity contribution in [1.82, 2.24) is 19.8 Å². The van der Waals surface area contributed by atoms with E-state index < -0.39 is 11.6 Å². The quantitative estimate of drug-likeness (QED) is 0.795. The first-order chi connectivity index (χ1) is 13.8. The highest BCUT2D eigenvalue weighted by Gasteiger charge is 2.39. The van der Waals surface area contributed by atoms with Crippen molar-refractivity contribution in [1.29, 1.82) is 0 Å². The number of amides is 2. The Bertz CT molecular complexity index is 809. The number of benzene rings is 1. The third-order valence-corrected chi connectivity index (χ3v) is 5.84. The molecule has 1 saturated carbocycles. The van der Waals surface area contributed by atoms with Crippen LogP contribution >= 0.6 is 11.5 Å². The Morgan fingerprint density at radius 3 is 2.34 bits per heavy atom. The van der Waals surface area contributed by atoms with Gasteiger partial charge in [-0.1, -0.05) is 41.7 Å². The first-order valence-electron chi connectivity index (χ1n) is 10.2. The normalized spacial score (nSPS) is 20.7. The second-order valence-corrected chi connectivity index (χ2v) is 9.58. The lowest BCUT2D eigenvalue weighted by Gasteiger charge is -2.41. The van der Waals surface area contributed by atoms with Crippen LogP contribution in [0.2, 0.25) is 0 Å². The lowest BCUT2D eigenvalue weighted by molar-refractivity contribution is -0.128. The molecule has 0 radical (unpaired) electrons. The number of nitrogens with one attached hydrogen (secondary N) is 1. The van der Waals surface area contributed by atoms with E-state index in [9.17, 15) is 9.59 Å². The van der Waals surface area contributed by atoms with Gasteiger partial charge in [-0.25, -0.2) is 0 Å². The molecule has 2 aromatic rings. The van der Waals surface area contributed by atoms with E-state index >= 15 is 0 Å². The summed E-state index contributed by atoms with van der Waals surface area (Å²) >= 11 is 1.15. The molecule has 6 nitrogen and oxygen atoms in total. The molecular formula is C22H30N4O2S. The second kappa shape index (κ2) is 9.03. The predicted octanol–water partition coefficient (Wildman–Crippen LogP) is 4.22. The maximum absolute atomic E-state index is 13.5. The molecule has 1 aliphatic rings. The Balaban J connectivity index is 2.03. The Labute approximate surface area is 176 Å². The summed E-state index contributed by atoms with van der Waals surface area (Å²) in [6.45, 7) is 8.09. The van der Waals surface area contributed by atoms with Crippen LogP contribution in [0.4, 0.5) is 0 Å². The minimum Gasteiger partial charge on any atom is -0.349 e. The molecule has 0 aliphatic heterocycles. The van der Waals surface area contributed by atoms with Gasteiger partial charge in [0.1, 0.15) is 6.04 Å². The molecule has 1 aromatic carbocycles. The van der Waals surface area contributed by atoms with E-state index in [2.05, 4.69) is 21.8 Å². The Kier molecular flexibility index (Phi) is 6.67. The maximum atomic E-state index is 13.5. The van der Waals surface area contributed by atoms with Crippen molar-refractivity contribution < 1.29 is 9.59 Å². The van der Waals surface area contributed by atoms with Crippen molar-refractivity contribution in [3.63, 3.8) is 0 Å². The molecule has 7 heteroatoms. The standard InChI is InChI=1S/C22H30N4O2S/c1-15-10-12-17(13-11-15)26(21(28)18-14-29-25-24-18)19(16-8-6-5-7-9-16)20(27)23-22(2,3)4/h5-9,14-15,17,19H,10-13H2,1-4H3,(H,23,27)/t15?,17?,19-/m0/s1. The van der Waals surface area contributed by atoms with Crippen LogP contribution in [0.5, 0.6) is 0 Å². The summed E-state index contributed by atoms with van der Waals surface area (Å²) in [6.07, 6.45) is 3.87. The molecule has 0 saturated heterocycles. The number of carbonyl (C=O) groups is 2. The third kappa shape index (κ3) is 5.41. The third-order valence-electron chi connectivity index (χ3n) is 5.33. The monoisotopic (exact) mass is 414 g/mol. The smallest absolute Gasteiger partial charge is 0.276 e. The Morgan fingerprint density at radius 1 is 1.14 bits per heavy atom. The highest BCUT2D eigenvalue weighted by atomic mass is 32.1. The van der Waals surface area contributed by atoms with Crippen molar-refractivity contribution in [2.45, 2.75) is 71.0 Å². The van der Waals surface area contributed by atoms with Crippen molar-refractivity contribution in [2.75, 3.05) is 0 Å². The minimum absolute atomic E-state index is 0.00340. The molecule has 3 rings (SSSR count). The van der Waals surface area contributed by atoms with Gasteiger partial charge >= 0.3 is 0 Å². The SMILES string of the molecule is CC1CCC(N(C(=O)c2csnn2)[C@H](C(=O)NC(C)(C)C)c2ccccc2)CC1. The largest absolute Gasteiger partial charge is 0.349 e. The number of rotatable bonds is 5. The number of nitrogens with zero attached hydrogens (tertiary/aromatic N) is 3. The highest BCUT2D eigenvalue weighted by Crippen LogP contribution is 2.34. The van der Waals surface area contributed by atoms with Crippen LogP contribution in [0.25, 0.3) is 0 Å². The van der Waals surface area contributed by atoms with Gasteiger partial charge in [-0.3, -0.25) is 9.59 Å². The van der Waals surface area contributed by atoms with Gasteiger partial charge in [0.05, 0.1) is 0 Å². The predicted molar refractivity (Wildman–Crippen MR) is 115 cm³/mol. The van der Waals surface area contributed by atoms with Gasteiger partial charge in [-0.2, -0.15) is 0 Å². The van der Waals surface area contributed by atoms with E-state index in [1.54, 1.807) is 10.3 Å². The summed E-state index contributed by atoms with van der Waals surface area (Å²) in [5.74, 6) is 0.248. The summed E-state index contributed by atoms with van der Waals surface area (Å²) in [5, 5.41) is 8.74. The molecule has 2 amide bonds. The van der Waals surface area contributed by atoms with Crippen molar-refractivity contribution >= 4 is 23.3 Å². The van der Waals surface area contributed by atoms with Gasteiger partial charge in [0.25, 0.3) is 5.91 Å². The van der Waals surface area contributed by atoms with E-state index in [-0.39, 0.29) is 17.9 Å². The summed E-state index contributed by atoms with van der Waals surface area (Å²) in [6, 6.07) is 8.85. The van der Waals surface area contributed by atoms with Crippen LogP contribution in [-0.4, -0.2) is 37.9 Å². The van der Waals surface area contributed by atoms with E-state index in [4.69, 9.17) is 0 Å². The Morgan fingerprint density at radius 2 is 1.79 bits per heavy atom. The van der Waals surface area contributed by atoms with Gasteiger partial charge in [0.15, 0.2) is 5.69 Å².